The van der Waals surface area contributed by atoms with Gasteiger partial charge in [0.05, 0.1) is 5.69 Å². The maximum absolute atomic E-state index is 6.56. The molecule has 6 rings (SSSR count). The second-order valence-electron chi connectivity index (χ2n) is 10.1. The summed E-state index contributed by atoms with van der Waals surface area (Å²) in [5.74, 6) is 0.403. The van der Waals surface area contributed by atoms with Gasteiger partial charge in [0.1, 0.15) is 0 Å². The molecular formula is C33H29BrCl2N2. The Balaban J connectivity index is 1.36. The number of hydrogen-bond donors (Lipinski definition) is 0. The SMILES string of the molecule is Clc1cccc(Cl)c1C1CCN(Cc2c(-c3ccccc3)n(Cc3ccc(Br)cc3)c3ccccc23)CC1. The average molecular weight is 604 g/mol. The van der Waals surface area contributed by atoms with Crippen LogP contribution in [0.15, 0.2) is 102 Å². The molecule has 0 bridgehead atoms. The van der Waals surface area contributed by atoms with Gasteiger partial charge in [-0.05, 0) is 84.4 Å². The Morgan fingerprint density at radius 2 is 1.37 bits per heavy atom. The molecule has 1 aromatic heterocycles. The van der Waals surface area contributed by atoms with Gasteiger partial charge in [0.2, 0.25) is 0 Å². The van der Waals surface area contributed by atoms with Gasteiger partial charge in [-0.2, -0.15) is 0 Å². The first-order valence-electron chi connectivity index (χ1n) is 13.1. The zero-order valence-corrected chi connectivity index (χ0v) is 24.2. The molecule has 5 aromatic rings. The molecule has 2 heterocycles. The number of nitrogens with zero attached hydrogens (tertiary/aromatic N) is 2. The molecule has 4 aromatic carbocycles. The fourth-order valence-corrected chi connectivity index (χ4v) is 6.87. The van der Waals surface area contributed by atoms with E-state index in [2.05, 4.69) is 104 Å². The van der Waals surface area contributed by atoms with Gasteiger partial charge in [-0.3, -0.25) is 4.90 Å². The Morgan fingerprint density at radius 1 is 0.711 bits per heavy atom. The van der Waals surface area contributed by atoms with E-state index in [0.29, 0.717) is 5.92 Å². The molecule has 0 unspecified atom stereocenters. The summed E-state index contributed by atoms with van der Waals surface area (Å²) in [6.45, 7) is 3.78. The minimum absolute atomic E-state index is 0.403. The van der Waals surface area contributed by atoms with E-state index in [1.165, 1.54) is 33.3 Å². The number of hydrogen-bond acceptors (Lipinski definition) is 1. The molecule has 0 amide bonds. The minimum Gasteiger partial charge on any atom is -0.336 e. The second-order valence-corrected chi connectivity index (χ2v) is 11.8. The van der Waals surface area contributed by atoms with Crippen molar-refractivity contribution in [2.75, 3.05) is 13.1 Å². The summed E-state index contributed by atoms with van der Waals surface area (Å²) in [5.41, 5.74) is 7.65. The van der Waals surface area contributed by atoms with Crippen LogP contribution in [0.25, 0.3) is 22.2 Å². The van der Waals surface area contributed by atoms with Gasteiger partial charge >= 0.3 is 0 Å². The van der Waals surface area contributed by atoms with Crippen LogP contribution in [-0.2, 0) is 13.1 Å². The van der Waals surface area contributed by atoms with Crippen molar-refractivity contribution in [2.45, 2.75) is 31.8 Å². The highest BCUT2D eigenvalue weighted by atomic mass is 79.9. The van der Waals surface area contributed by atoms with E-state index >= 15 is 0 Å². The van der Waals surface area contributed by atoms with E-state index in [0.717, 1.165) is 59.1 Å². The number of benzene rings is 4. The number of likely N-dealkylation sites (tertiary alicyclic amines) is 1. The summed E-state index contributed by atoms with van der Waals surface area (Å²) in [5, 5.41) is 2.91. The van der Waals surface area contributed by atoms with Crippen molar-refractivity contribution in [2.24, 2.45) is 0 Å². The van der Waals surface area contributed by atoms with E-state index in [4.69, 9.17) is 23.2 Å². The van der Waals surface area contributed by atoms with Crippen molar-refractivity contribution < 1.29 is 0 Å². The van der Waals surface area contributed by atoms with E-state index in [1.807, 2.05) is 18.2 Å². The number of halogens is 3. The topological polar surface area (TPSA) is 8.17 Å². The summed E-state index contributed by atoms with van der Waals surface area (Å²) < 4.78 is 3.60. The van der Waals surface area contributed by atoms with Gasteiger partial charge in [-0.1, -0.05) is 106 Å². The van der Waals surface area contributed by atoms with E-state index < -0.39 is 0 Å². The Hall–Kier alpha value is -2.56. The molecule has 1 aliphatic rings. The summed E-state index contributed by atoms with van der Waals surface area (Å²) in [7, 11) is 0. The third kappa shape index (κ3) is 5.18. The quantitative estimate of drug-likeness (QED) is 0.187. The number of para-hydroxylation sites is 1. The highest BCUT2D eigenvalue weighted by Crippen LogP contribution is 2.40. The van der Waals surface area contributed by atoms with Crippen LogP contribution in [0.1, 0.15) is 35.4 Å². The molecule has 38 heavy (non-hydrogen) atoms. The summed E-state index contributed by atoms with van der Waals surface area (Å²) >= 11 is 16.7. The van der Waals surface area contributed by atoms with Crippen LogP contribution in [0.4, 0.5) is 0 Å². The summed E-state index contributed by atoms with van der Waals surface area (Å²) in [6, 6.07) is 34.2. The average Bonchev–Trinajstić information content (AvgIpc) is 3.24. The molecule has 0 spiro atoms. The molecule has 0 atom stereocenters. The fraction of sp³-hybridized carbons (Fsp3) is 0.212. The largest absolute Gasteiger partial charge is 0.336 e. The predicted octanol–water partition coefficient (Wildman–Crippen LogP) is 9.81. The lowest BCUT2D eigenvalue weighted by Gasteiger charge is -2.33. The van der Waals surface area contributed by atoms with Crippen LogP contribution < -0.4 is 0 Å². The molecule has 2 nitrogen and oxygen atoms in total. The Kier molecular flexibility index (Phi) is 7.63. The Bertz CT molecular complexity index is 1530. The standard InChI is InChI=1S/C33H29BrCl2N2/c34-26-15-13-23(14-16-26)21-38-31-12-5-4-9-27(31)28(33(38)25-7-2-1-3-8-25)22-37-19-17-24(18-20-37)32-29(35)10-6-11-30(32)36/h1-16,24H,17-22H2. The van der Waals surface area contributed by atoms with Gasteiger partial charge in [0.15, 0.2) is 0 Å². The van der Waals surface area contributed by atoms with Gasteiger partial charge in [0, 0.05) is 38.5 Å². The van der Waals surface area contributed by atoms with Gasteiger partial charge < -0.3 is 4.57 Å². The number of rotatable bonds is 6. The first kappa shape index (κ1) is 25.7. The Morgan fingerprint density at radius 3 is 2.08 bits per heavy atom. The van der Waals surface area contributed by atoms with Crippen molar-refractivity contribution >= 4 is 50.0 Å². The molecule has 0 aliphatic carbocycles. The van der Waals surface area contributed by atoms with Gasteiger partial charge in [0.25, 0.3) is 0 Å². The van der Waals surface area contributed by atoms with E-state index in [1.54, 1.807) is 0 Å². The molecule has 0 radical (unpaired) electrons. The lowest BCUT2D eigenvalue weighted by atomic mass is 9.89. The number of aromatic nitrogens is 1. The van der Waals surface area contributed by atoms with Crippen LogP contribution in [0, 0.1) is 0 Å². The molecule has 1 fully saturated rings. The molecular weight excluding hydrogens is 575 g/mol. The first-order valence-corrected chi connectivity index (χ1v) is 14.7. The van der Waals surface area contributed by atoms with Crippen LogP contribution >= 0.6 is 39.1 Å². The predicted molar refractivity (Wildman–Crippen MR) is 164 cm³/mol. The lowest BCUT2D eigenvalue weighted by molar-refractivity contribution is 0.205. The van der Waals surface area contributed by atoms with Crippen LogP contribution in [0.3, 0.4) is 0 Å². The van der Waals surface area contributed by atoms with Crippen molar-refractivity contribution in [3.8, 4) is 11.3 Å². The van der Waals surface area contributed by atoms with Gasteiger partial charge in [-0.15, -0.1) is 0 Å². The molecule has 192 valence electrons. The third-order valence-corrected chi connectivity index (χ3v) is 8.94. The lowest BCUT2D eigenvalue weighted by Crippen LogP contribution is -2.32. The van der Waals surface area contributed by atoms with E-state index in [-0.39, 0.29) is 0 Å². The smallest absolute Gasteiger partial charge is 0.0540 e. The van der Waals surface area contributed by atoms with Crippen LogP contribution in [-0.4, -0.2) is 22.6 Å². The normalized spacial score (nSPS) is 14.8. The minimum atomic E-state index is 0.403. The van der Waals surface area contributed by atoms with Crippen LogP contribution in [0.2, 0.25) is 10.0 Å². The molecule has 5 heteroatoms. The molecule has 0 N–H and O–H groups in total. The van der Waals surface area contributed by atoms with Gasteiger partial charge in [-0.25, -0.2) is 0 Å². The van der Waals surface area contributed by atoms with Crippen LogP contribution in [0.5, 0.6) is 0 Å². The van der Waals surface area contributed by atoms with Crippen molar-refractivity contribution in [1.82, 2.24) is 9.47 Å². The highest BCUT2D eigenvalue weighted by molar-refractivity contribution is 9.10. The Labute approximate surface area is 242 Å². The number of fused-ring (bicyclic) bond motifs is 1. The van der Waals surface area contributed by atoms with Crippen molar-refractivity contribution in [3.63, 3.8) is 0 Å². The second kappa shape index (κ2) is 11.3. The molecule has 1 aliphatic heterocycles. The zero-order valence-electron chi connectivity index (χ0n) is 21.1. The van der Waals surface area contributed by atoms with Crippen molar-refractivity contribution in [1.29, 1.82) is 0 Å². The number of piperidine rings is 1. The maximum Gasteiger partial charge on any atom is 0.0540 e. The highest BCUT2D eigenvalue weighted by Gasteiger charge is 2.26. The maximum atomic E-state index is 6.56. The monoisotopic (exact) mass is 602 g/mol. The molecule has 1 saturated heterocycles. The van der Waals surface area contributed by atoms with Crippen molar-refractivity contribution in [3.05, 3.63) is 128 Å². The third-order valence-electron chi connectivity index (χ3n) is 7.75. The first-order chi connectivity index (χ1) is 18.6. The summed E-state index contributed by atoms with van der Waals surface area (Å²) in [6.07, 6.45) is 2.11. The molecule has 0 saturated carbocycles. The van der Waals surface area contributed by atoms with E-state index in [9.17, 15) is 0 Å². The fourth-order valence-electron chi connectivity index (χ4n) is 5.90. The zero-order chi connectivity index (χ0) is 26.1. The summed E-state index contributed by atoms with van der Waals surface area (Å²) in [4.78, 5) is 2.60.